The van der Waals surface area contributed by atoms with Crippen molar-refractivity contribution in [1.29, 1.82) is 0 Å². The second-order valence-corrected chi connectivity index (χ2v) is 2.79. The van der Waals surface area contributed by atoms with Gasteiger partial charge in [0, 0.05) is 6.54 Å². The van der Waals surface area contributed by atoms with Gasteiger partial charge in [0.15, 0.2) is 0 Å². The summed E-state index contributed by atoms with van der Waals surface area (Å²) in [6.07, 6.45) is -0.667. The van der Waals surface area contributed by atoms with Gasteiger partial charge < -0.3 is 0 Å². The average molecular weight is 170 g/mol. The van der Waals surface area contributed by atoms with E-state index in [9.17, 15) is 8.42 Å². The van der Waals surface area contributed by atoms with Crippen LogP contribution >= 0.6 is 0 Å². The van der Waals surface area contributed by atoms with E-state index in [0.29, 0.717) is 0 Å². The van der Waals surface area contributed by atoms with Crippen LogP contribution < -0.4 is 11.3 Å². The summed E-state index contributed by atoms with van der Waals surface area (Å²) in [4.78, 5) is 0. The van der Waals surface area contributed by atoms with Gasteiger partial charge >= 0.3 is 10.4 Å². The first-order valence-corrected chi connectivity index (χ1v) is 3.91. The third-order valence-corrected chi connectivity index (χ3v) is 1.26. The molecule has 0 aromatic carbocycles. The number of hydrogen-bond donors (Lipinski definition) is 3. The number of rotatable bonds is 4. The van der Waals surface area contributed by atoms with Gasteiger partial charge in [0.2, 0.25) is 0 Å². The van der Waals surface area contributed by atoms with Crippen LogP contribution in [0.3, 0.4) is 0 Å². The van der Waals surface area contributed by atoms with Crippen molar-refractivity contribution in [2.24, 2.45) is 5.84 Å². The average Bonchev–Trinajstić information content (AvgIpc) is 1.59. The second kappa shape index (κ2) is 3.84. The van der Waals surface area contributed by atoms with Crippen molar-refractivity contribution in [1.82, 2.24) is 5.43 Å². The molecular weight excluding hydrogens is 160 g/mol. The summed E-state index contributed by atoms with van der Waals surface area (Å²) in [6, 6.07) is 0. The van der Waals surface area contributed by atoms with Crippen molar-refractivity contribution in [2.45, 2.75) is 13.0 Å². The van der Waals surface area contributed by atoms with E-state index in [1.165, 1.54) is 6.92 Å². The molecule has 0 amide bonds. The Morgan fingerprint density at radius 2 is 2.30 bits per heavy atom. The summed E-state index contributed by atoms with van der Waals surface area (Å²) in [6.45, 7) is 1.60. The molecule has 0 aromatic rings. The van der Waals surface area contributed by atoms with Gasteiger partial charge in [0.1, 0.15) is 0 Å². The van der Waals surface area contributed by atoms with E-state index in [1.54, 1.807) is 0 Å². The maximum Gasteiger partial charge on any atom is 0.397 e. The lowest BCUT2D eigenvalue weighted by molar-refractivity contribution is 0.195. The molecule has 0 rings (SSSR count). The molecule has 0 spiro atoms. The Hall–Kier alpha value is -0.210. The molecule has 4 N–H and O–H groups in total. The predicted molar refractivity (Wildman–Crippen MR) is 34.3 cm³/mol. The molecule has 0 aliphatic heterocycles. The van der Waals surface area contributed by atoms with Gasteiger partial charge in [-0.2, -0.15) is 8.42 Å². The van der Waals surface area contributed by atoms with Crippen LogP contribution in [0, 0.1) is 0 Å². The molecule has 10 heavy (non-hydrogen) atoms. The van der Waals surface area contributed by atoms with Crippen LogP contribution in [0.1, 0.15) is 6.92 Å². The van der Waals surface area contributed by atoms with Crippen LogP contribution in [0.25, 0.3) is 0 Å². The summed E-state index contributed by atoms with van der Waals surface area (Å²) in [5.74, 6) is 4.84. The third kappa shape index (κ3) is 5.92. The van der Waals surface area contributed by atoms with E-state index in [-0.39, 0.29) is 6.54 Å². The van der Waals surface area contributed by atoms with Crippen molar-refractivity contribution < 1.29 is 17.2 Å². The van der Waals surface area contributed by atoms with E-state index < -0.39 is 16.5 Å². The molecule has 1 atom stereocenters. The molecule has 6 nitrogen and oxygen atoms in total. The molecule has 0 aliphatic carbocycles. The van der Waals surface area contributed by atoms with Gasteiger partial charge in [0.25, 0.3) is 0 Å². The van der Waals surface area contributed by atoms with Gasteiger partial charge in [0.05, 0.1) is 6.10 Å². The quantitative estimate of drug-likeness (QED) is 0.274. The first-order valence-electron chi connectivity index (χ1n) is 2.55. The highest BCUT2D eigenvalue weighted by Crippen LogP contribution is 1.93. The van der Waals surface area contributed by atoms with Crippen LogP contribution in [-0.2, 0) is 14.6 Å². The van der Waals surface area contributed by atoms with Gasteiger partial charge in [-0.3, -0.25) is 15.8 Å². The van der Waals surface area contributed by atoms with Gasteiger partial charge in [-0.05, 0) is 6.92 Å². The molecule has 62 valence electrons. The minimum atomic E-state index is -4.34. The minimum Gasteiger partial charge on any atom is -0.271 e. The second-order valence-electron chi connectivity index (χ2n) is 1.74. The Morgan fingerprint density at radius 3 is 2.60 bits per heavy atom. The van der Waals surface area contributed by atoms with Crippen LogP contribution in [0.4, 0.5) is 0 Å². The minimum absolute atomic E-state index is 0.153. The van der Waals surface area contributed by atoms with Crippen molar-refractivity contribution in [2.75, 3.05) is 6.54 Å². The van der Waals surface area contributed by atoms with Gasteiger partial charge in [-0.1, -0.05) is 0 Å². The van der Waals surface area contributed by atoms with E-state index in [1.807, 2.05) is 0 Å². The lowest BCUT2D eigenvalue weighted by Gasteiger charge is -2.07. The van der Waals surface area contributed by atoms with Gasteiger partial charge in [-0.25, -0.2) is 4.18 Å². The Labute approximate surface area is 59.3 Å². The Kier molecular flexibility index (Phi) is 3.76. The third-order valence-electron chi connectivity index (χ3n) is 0.691. The Balaban J connectivity index is 3.69. The topological polar surface area (TPSA) is 102 Å². The molecule has 0 heterocycles. The highest BCUT2D eigenvalue weighted by atomic mass is 32.3. The number of nitrogens with two attached hydrogens (primary N) is 1. The maximum absolute atomic E-state index is 9.98. The highest BCUT2D eigenvalue weighted by Gasteiger charge is 2.10. The van der Waals surface area contributed by atoms with Crippen LogP contribution in [-0.4, -0.2) is 25.6 Å². The molecule has 0 radical (unpaired) electrons. The van der Waals surface area contributed by atoms with Crippen molar-refractivity contribution in [3.8, 4) is 0 Å². The molecule has 7 heteroatoms. The molecule has 0 saturated heterocycles. The van der Waals surface area contributed by atoms with Crippen LogP contribution in [0.2, 0.25) is 0 Å². The van der Waals surface area contributed by atoms with E-state index in [4.69, 9.17) is 10.4 Å². The molecule has 0 bridgehead atoms. The fourth-order valence-corrected chi connectivity index (χ4v) is 0.891. The Bertz CT molecular complexity index is 177. The SMILES string of the molecule is CC(CNN)OS(=O)(=O)O. The normalized spacial score (nSPS) is 15.1. The van der Waals surface area contributed by atoms with E-state index in [2.05, 4.69) is 9.61 Å². The van der Waals surface area contributed by atoms with E-state index in [0.717, 1.165) is 0 Å². The fourth-order valence-electron chi connectivity index (χ4n) is 0.408. The van der Waals surface area contributed by atoms with Crippen molar-refractivity contribution in [3.63, 3.8) is 0 Å². The summed E-state index contributed by atoms with van der Waals surface area (Å²) in [5, 5.41) is 0. The largest absolute Gasteiger partial charge is 0.397 e. The Morgan fingerprint density at radius 1 is 1.80 bits per heavy atom. The zero-order chi connectivity index (χ0) is 8.20. The number of hydrogen-bond acceptors (Lipinski definition) is 5. The van der Waals surface area contributed by atoms with Gasteiger partial charge in [-0.15, -0.1) is 0 Å². The van der Waals surface area contributed by atoms with Crippen LogP contribution in [0.5, 0.6) is 0 Å². The summed E-state index contributed by atoms with van der Waals surface area (Å²) < 4.78 is 32.1. The summed E-state index contributed by atoms with van der Waals surface area (Å²) >= 11 is 0. The zero-order valence-corrected chi connectivity index (χ0v) is 6.26. The van der Waals surface area contributed by atoms with E-state index >= 15 is 0 Å². The maximum atomic E-state index is 9.98. The number of hydrazine groups is 1. The van der Waals surface area contributed by atoms with Crippen LogP contribution in [0.15, 0.2) is 0 Å². The molecule has 1 unspecified atom stereocenters. The molecular formula is C3H10N2O4S. The molecule has 0 aliphatic rings. The first kappa shape index (κ1) is 9.79. The predicted octanol–water partition coefficient (Wildman–Crippen LogP) is -1.34. The van der Waals surface area contributed by atoms with Crippen molar-refractivity contribution in [3.05, 3.63) is 0 Å². The summed E-state index contributed by atoms with van der Waals surface area (Å²) in [5.41, 5.74) is 2.19. The molecule has 0 saturated carbocycles. The lowest BCUT2D eigenvalue weighted by atomic mass is 10.4. The smallest absolute Gasteiger partial charge is 0.271 e. The molecule has 0 fully saturated rings. The standard InChI is InChI=1S/C3H10N2O4S/c1-3(2-5-4)9-10(6,7)8/h3,5H,2,4H2,1H3,(H,6,7,8). The highest BCUT2D eigenvalue weighted by molar-refractivity contribution is 7.80. The fraction of sp³-hybridized carbons (Fsp3) is 1.00. The first-order chi connectivity index (χ1) is 4.45. The lowest BCUT2D eigenvalue weighted by Crippen LogP contribution is -2.33. The zero-order valence-electron chi connectivity index (χ0n) is 5.44. The molecule has 0 aromatic heterocycles. The van der Waals surface area contributed by atoms with Crippen molar-refractivity contribution >= 4 is 10.4 Å². The number of nitrogens with one attached hydrogen (secondary N) is 1. The monoisotopic (exact) mass is 170 g/mol. The summed E-state index contributed by atoms with van der Waals surface area (Å²) in [7, 11) is -4.34.